The van der Waals surface area contributed by atoms with Crippen LogP contribution in [0.15, 0.2) is 72.8 Å². The highest BCUT2D eigenvalue weighted by molar-refractivity contribution is 6.31. The van der Waals surface area contributed by atoms with Crippen molar-refractivity contribution in [2.45, 2.75) is 37.8 Å². The van der Waals surface area contributed by atoms with Crippen LogP contribution in [0, 0.1) is 0 Å². The molecule has 3 aromatic carbocycles. The van der Waals surface area contributed by atoms with Gasteiger partial charge in [0.15, 0.2) is 0 Å². The second-order valence-electron chi connectivity index (χ2n) is 9.76. The molecule has 2 fully saturated rings. The molecule has 2 aliphatic heterocycles. The third-order valence-electron chi connectivity index (χ3n) is 7.15. The molecule has 10 heteroatoms. The average Bonchev–Trinajstić information content (AvgIpc) is 3.39. The largest absolute Gasteiger partial charge is 0.305 e. The Kier molecular flexibility index (Phi) is 8.61. The first-order chi connectivity index (χ1) is 19.3. The summed E-state index contributed by atoms with van der Waals surface area (Å²) in [5.74, 6) is -1.31. The number of benzene rings is 3. The summed E-state index contributed by atoms with van der Waals surface area (Å²) in [6.07, 6.45) is 1.35. The quantitative estimate of drug-likeness (QED) is 0.354. The Labute approximate surface area is 242 Å². The van der Waals surface area contributed by atoms with Crippen molar-refractivity contribution in [1.82, 2.24) is 10.6 Å². The number of nitrogens with zero attached hydrogens (tertiary/aromatic N) is 2. The predicted octanol–water partition coefficient (Wildman–Crippen LogP) is 3.92. The van der Waals surface area contributed by atoms with Crippen LogP contribution < -0.4 is 20.4 Å². The van der Waals surface area contributed by atoms with Crippen LogP contribution in [0.4, 0.5) is 11.4 Å². The van der Waals surface area contributed by atoms with E-state index < -0.39 is 12.1 Å². The maximum absolute atomic E-state index is 13.0. The Morgan fingerprint density at radius 2 is 0.975 bits per heavy atom. The van der Waals surface area contributed by atoms with Crippen molar-refractivity contribution >= 4 is 58.2 Å². The Balaban J connectivity index is 1.17. The number of carbonyl (C=O) groups is 4. The molecule has 0 bridgehead atoms. The van der Waals surface area contributed by atoms with Crippen LogP contribution >= 0.6 is 23.2 Å². The Morgan fingerprint density at radius 1 is 0.600 bits per heavy atom. The molecule has 2 heterocycles. The van der Waals surface area contributed by atoms with Gasteiger partial charge >= 0.3 is 0 Å². The summed E-state index contributed by atoms with van der Waals surface area (Å²) in [4.78, 5) is 53.7. The third-order valence-corrected chi connectivity index (χ3v) is 7.88. The summed E-state index contributed by atoms with van der Waals surface area (Å²) < 4.78 is 0. The number of anilines is 2. The van der Waals surface area contributed by atoms with E-state index in [1.54, 1.807) is 24.3 Å². The van der Waals surface area contributed by atoms with Gasteiger partial charge in [-0.2, -0.15) is 0 Å². The molecule has 2 aliphatic rings. The van der Waals surface area contributed by atoms with E-state index in [4.69, 9.17) is 23.2 Å². The van der Waals surface area contributed by atoms with Gasteiger partial charge < -0.3 is 10.6 Å². The first kappa shape index (κ1) is 28.0. The third kappa shape index (κ3) is 5.95. The van der Waals surface area contributed by atoms with E-state index in [1.807, 2.05) is 48.5 Å². The van der Waals surface area contributed by atoms with Gasteiger partial charge in [0.25, 0.3) is 11.8 Å². The minimum absolute atomic E-state index is 0.0494. The fraction of sp³-hybridized carbons (Fsp3) is 0.267. The lowest BCUT2D eigenvalue weighted by Crippen LogP contribution is -2.40. The highest BCUT2D eigenvalue weighted by Gasteiger charge is 2.41. The zero-order chi connectivity index (χ0) is 28.2. The second-order valence-corrected chi connectivity index (χ2v) is 10.6. The normalized spacial score (nSPS) is 19.2. The Hall–Kier alpha value is -3.56. The first-order valence-electron chi connectivity index (χ1n) is 13.1. The van der Waals surface area contributed by atoms with E-state index in [1.165, 1.54) is 0 Å². The van der Waals surface area contributed by atoms with Crippen molar-refractivity contribution in [2.24, 2.45) is 0 Å². The lowest BCUT2D eigenvalue weighted by Gasteiger charge is -2.19. The average molecular weight is 579 g/mol. The molecule has 0 radical (unpaired) electrons. The number of hydrogen-bond donors (Lipinski definition) is 2. The summed E-state index contributed by atoms with van der Waals surface area (Å²) >= 11 is 12.4. The second kappa shape index (κ2) is 12.3. The molecular formula is C30H28Cl2N4O4. The first-order valence-corrected chi connectivity index (χ1v) is 13.9. The van der Waals surface area contributed by atoms with Crippen LogP contribution in [0.25, 0.3) is 0 Å². The van der Waals surface area contributed by atoms with E-state index in [9.17, 15) is 19.2 Å². The number of carbonyl (C=O) groups excluding carboxylic acids is 4. The smallest absolute Gasteiger partial charge is 0.251 e. The number of hydrogen-bond acceptors (Lipinski definition) is 6. The van der Waals surface area contributed by atoms with Gasteiger partial charge in [0, 0.05) is 10.0 Å². The molecule has 0 saturated carbocycles. The van der Waals surface area contributed by atoms with E-state index in [2.05, 4.69) is 10.6 Å². The fourth-order valence-electron chi connectivity index (χ4n) is 5.04. The van der Waals surface area contributed by atoms with Gasteiger partial charge in [0.1, 0.15) is 0 Å². The summed E-state index contributed by atoms with van der Waals surface area (Å²) in [6.45, 7) is 0.986. The molecule has 0 aliphatic carbocycles. The molecule has 0 spiro atoms. The van der Waals surface area contributed by atoms with Crippen molar-refractivity contribution in [3.63, 3.8) is 0 Å². The van der Waals surface area contributed by atoms with Crippen LogP contribution in [-0.4, -0.2) is 48.8 Å². The molecule has 2 N–H and O–H groups in total. The topological polar surface area (TPSA) is 98.8 Å². The number of amides is 4. The van der Waals surface area contributed by atoms with Crippen molar-refractivity contribution in [1.29, 1.82) is 0 Å². The predicted molar refractivity (Wildman–Crippen MR) is 155 cm³/mol. The van der Waals surface area contributed by atoms with E-state index in [-0.39, 0.29) is 36.5 Å². The SMILES string of the molecule is O=C1C[C@H](NCCc2ccccc2Cl)C(=O)N1c1ccc(N2C(=O)C[C@@H](NCCc3ccccc3Cl)C2=O)cc1. The standard InChI is InChI=1S/C30H28Cl2N4O4/c31-23-7-3-1-5-19(23)13-15-33-25-17-27(37)35(29(25)39)21-9-11-22(12-10-21)36-28(38)18-26(30(36)40)34-16-14-20-6-2-4-8-24(20)32/h1-12,25-26,33-34H,13-18H2/t25-,26+. The van der Waals surface area contributed by atoms with Gasteiger partial charge in [-0.15, -0.1) is 0 Å². The van der Waals surface area contributed by atoms with E-state index in [0.717, 1.165) is 20.9 Å². The molecule has 4 amide bonds. The molecule has 2 atom stereocenters. The molecular weight excluding hydrogens is 551 g/mol. The van der Waals surface area contributed by atoms with E-state index in [0.29, 0.717) is 47.4 Å². The molecule has 8 nitrogen and oxygen atoms in total. The zero-order valence-corrected chi connectivity index (χ0v) is 23.1. The maximum atomic E-state index is 13.0. The monoisotopic (exact) mass is 578 g/mol. The highest BCUT2D eigenvalue weighted by atomic mass is 35.5. The molecule has 3 aromatic rings. The van der Waals surface area contributed by atoms with Crippen molar-refractivity contribution in [3.05, 3.63) is 94.0 Å². The van der Waals surface area contributed by atoms with Crippen molar-refractivity contribution in [3.8, 4) is 0 Å². The molecule has 5 rings (SSSR count). The van der Waals surface area contributed by atoms with Gasteiger partial charge in [-0.05, 0) is 73.5 Å². The van der Waals surface area contributed by atoms with Crippen LogP contribution in [0.2, 0.25) is 10.0 Å². The van der Waals surface area contributed by atoms with Crippen LogP contribution in [0.5, 0.6) is 0 Å². The molecule has 0 unspecified atom stereocenters. The van der Waals surface area contributed by atoms with Crippen molar-refractivity contribution in [2.75, 3.05) is 22.9 Å². The molecule has 206 valence electrons. The van der Waals surface area contributed by atoms with Crippen LogP contribution in [0.1, 0.15) is 24.0 Å². The Bertz CT molecular complexity index is 1340. The lowest BCUT2D eigenvalue weighted by molar-refractivity contribution is -0.123. The van der Waals surface area contributed by atoms with Crippen LogP contribution in [0.3, 0.4) is 0 Å². The van der Waals surface area contributed by atoms with Gasteiger partial charge in [-0.3, -0.25) is 19.2 Å². The number of halogens is 2. The van der Waals surface area contributed by atoms with Gasteiger partial charge in [-0.25, -0.2) is 9.80 Å². The summed E-state index contributed by atoms with van der Waals surface area (Å²) in [5.41, 5.74) is 2.71. The lowest BCUT2D eigenvalue weighted by atomic mass is 10.1. The van der Waals surface area contributed by atoms with E-state index >= 15 is 0 Å². The number of rotatable bonds is 10. The molecule has 2 saturated heterocycles. The highest BCUT2D eigenvalue weighted by Crippen LogP contribution is 2.29. The minimum Gasteiger partial charge on any atom is -0.305 e. The number of nitrogens with one attached hydrogen (secondary N) is 2. The molecule has 40 heavy (non-hydrogen) atoms. The summed E-state index contributed by atoms with van der Waals surface area (Å²) in [5, 5.41) is 7.64. The number of imide groups is 2. The Morgan fingerprint density at radius 3 is 1.35 bits per heavy atom. The van der Waals surface area contributed by atoms with Gasteiger partial charge in [0.2, 0.25) is 11.8 Å². The zero-order valence-electron chi connectivity index (χ0n) is 21.6. The minimum atomic E-state index is -0.631. The summed E-state index contributed by atoms with van der Waals surface area (Å²) in [6, 6.07) is 20.1. The molecule has 0 aromatic heterocycles. The fourth-order valence-corrected chi connectivity index (χ4v) is 5.50. The van der Waals surface area contributed by atoms with Crippen LogP contribution in [-0.2, 0) is 32.0 Å². The maximum Gasteiger partial charge on any atom is 0.251 e. The van der Waals surface area contributed by atoms with Gasteiger partial charge in [-0.1, -0.05) is 59.6 Å². The summed E-state index contributed by atoms with van der Waals surface area (Å²) in [7, 11) is 0. The van der Waals surface area contributed by atoms with Gasteiger partial charge in [0.05, 0.1) is 36.3 Å². The van der Waals surface area contributed by atoms with Crippen molar-refractivity contribution < 1.29 is 19.2 Å².